The molecular formula is C12H18N2O2S. The first-order valence-corrected chi connectivity index (χ1v) is 6.82. The van der Waals surface area contributed by atoms with Crippen LogP contribution in [-0.4, -0.2) is 29.1 Å². The molecule has 17 heavy (non-hydrogen) atoms. The van der Waals surface area contributed by atoms with Crippen molar-refractivity contribution >= 4 is 23.4 Å². The standard InChI is InChI=1S/C12H18N2O2S/c1-17-6-5-11(13)12(16)14-10-4-2-3-9(7-10)8-15/h2-4,7,11,15H,5-6,8,13H2,1H3,(H,14,16)/t11-/m1/s1. The van der Waals surface area contributed by atoms with Crippen molar-refractivity contribution in [3.63, 3.8) is 0 Å². The number of thioether (sulfide) groups is 1. The van der Waals surface area contributed by atoms with Crippen LogP contribution in [0.3, 0.4) is 0 Å². The van der Waals surface area contributed by atoms with Gasteiger partial charge in [0.2, 0.25) is 5.91 Å². The number of aliphatic hydroxyl groups is 1. The summed E-state index contributed by atoms with van der Waals surface area (Å²) in [6.45, 7) is -0.0394. The largest absolute Gasteiger partial charge is 0.392 e. The van der Waals surface area contributed by atoms with Crippen LogP contribution in [0.15, 0.2) is 24.3 Å². The number of anilines is 1. The lowest BCUT2D eigenvalue weighted by Crippen LogP contribution is -2.36. The van der Waals surface area contributed by atoms with Crippen molar-refractivity contribution in [2.75, 3.05) is 17.3 Å². The summed E-state index contributed by atoms with van der Waals surface area (Å²) in [6, 6.07) is 6.61. The molecule has 4 nitrogen and oxygen atoms in total. The molecule has 5 heteroatoms. The number of amides is 1. The molecular weight excluding hydrogens is 236 g/mol. The summed E-state index contributed by atoms with van der Waals surface area (Å²) in [5.74, 6) is 0.680. The minimum atomic E-state index is -0.486. The molecule has 1 aromatic rings. The Kier molecular flexibility index (Phi) is 6.04. The van der Waals surface area contributed by atoms with Gasteiger partial charge >= 0.3 is 0 Å². The molecule has 0 heterocycles. The molecule has 0 aliphatic carbocycles. The Hall–Kier alpha value is -1.04. The van der Waals surface area contributed by atoms with E-state index in [9.17, 15) is 4.79 Å². The van der Waals surface area contributed by atoms with Gasteiger partial charge in [-0.15, -0.1) is 0 Å². The topological polar surface area (TPSA) is 75.4 Å². The van der Waals surface area contributed by atoms with E-state index in [1.807, 2.05) is 6.26 Å². The van der Waals surface area contributed by atoms with Gasteiger partial charge in [0, 0.05) is 5.69 Å². The molecule has 0 aliphatic heterocycles. The Morgan fingerprint density at radius 2 is 2.35 bits per heavy atom. The van der Waals surface area contributed by atoms with Crippen molar-refractivity contribution in [2.24, 2.45) is 5.73 Å². The Bertz CT molecular complexity index is 371. The number of carbonyl (C=O) groups is 1. The molecule has 94 valence electrons. The highest BCUT2D eigenvalue weighted by atomic mass is 32.2. The molecule has 0 bridgehead atoms. The van der Waals surface area contributed by atoms with E-state index < -0.39 is 6.04 Å². The van der Waals surface area contributed by atoms with Crippen molar-refractivity contribution < 1.29 is 9.90 Å². The third kappa shape index (κ3) is 4.77. The summed E-state index contributed by atoms with van der Waals surface area (Å²) in [6.07, 6.45) is 2.64. The molecule has 0 aliphatic rings. The second kappa shape index (κ2) is 7.32. The minimum Gasteiger partial charge on any atom is -0.392 e. The lowest BCUT2D eigenvalue weighted by atomic mass is 10.2. The Labute approximate surface area is 106 Å². The first-order chi connectivity index (χ1) is 8.17. The molecule has 0 saturated carbocycles. The molecule has 1 atom stereocenters. The Morgan fingerprint density at radius 3 is 3.00 bits per heavy atom. The molecule has 4 N–H and O–H groups in total. The normalized spacial score (nSPS) is 12.2. The zero-order chi connectivity index (χ0) is 12.7. The van der Waals surface area contributed by atoms with E-state index in [0.717, 1.165) is 11.3 Å². The van der Waals surface area contributed by atoms with Crippen molar-refractivity contribution in [3.8, 4) is 0 Å². The van der Waals surface area contributed by atoms with Crippen LogP contribution in [0.2, 0.25) is 0 Å². The third-order valence-corrected chi connectivity index (χ3v) is 2.99. The molecule has 0 unspecified atom stereocenters. The van der Waals surface area contributed by atoms with E-state index in [0.29, 0.717) is 12.1 Å². The van der Waals surface area contributed by atoms with Gasteiger partial charge in [-0.2, -0.15) is 11.8 Å². The molecule has 0 spiro atoms. The second-order valence-electron chi connectivity index (χ2n) is 3.74. The predicted molar refractivity (Wildman–Crippen MR) is 72.0 cm³/mol. The number of rotatable bonds is 6. The first kappa shape index (κ1) is 14.0. The summed E-state index contributed by atoms with van der Waals surface area (Å²) in [5.41, 5.74) is 7.18. The zero-order valence-corrected chi connectivity index (χ0v) is 10.7. The number of nitrogens with one attached hydrogen (secondary N) is 1. The fourth-order valence-corrected chi connectivity index (χ4v) is 1.85. The van der Waals surface area contributed by atoms with Crippen LogP contribution in [0.5, 0.6) is 0 Å². The lowest BCUT2D eigenvalue weighted by Gasteiger charge is -2.12. The quantitative estimate of drug-likeness (QED) is 0.713. The maximum Gasteiger partial charge on any atom is 0.241 e. The number of hydrogen-bond donors (Lipinski definition) is 3. The fraction of sp³-hybridized carbons (Fsp3) is 0.417. The monoisotopic (exact) mass is 254 g/mol. The highest BCUT2D eigenvalue weighted by molar-refractivity contribution is 7.98. The molecule has 0 aromatic heterocycles. The average molecular weight is 254 g/mol. The van der Waals surface area contributed by atoms with Crippen LogP contribution in [0.1, 0.15) is 12.0 Å². The van der Waals surface area contributed by atoms with Gasteiger partial charge in [0.05, 0.1) is 12.6 Å². The highest BCUT2D eigenvalue weighted by Gasteiger charge is 2.12. The van der Waals surface area contributed by atoms with Gasteiger partial charge < -0.3 is 16.2 Å². The minimum absolute atomic E-state index is 0.0394. The summed E-state index contributed by atoms with van der Waals surface area (Å²) in [5, 5.41) is 11.7. The summed E-state index contributed by atoms with van der Waals surface area (Å²) >= 11 is 1.67. The number of nitrogens with two attached hydrogens (primary N) is 1. The van der Waals surface area contributed by atoms with E-state index in [-0.39, 0.29) is 12.5 Å². The Balaban J connectivity index is 2.54. The van der Waals surface area contributed by atoms with E-state index in [1.54, 1.807) is 36.0 Å². The molecule has 1 aromatic carbocycles. The second-order valence-corrected chi connectivity index (χ2v) is 4.72. The average Bonchev–Trinajstić information content (AvgIpc) is 2.36. The van der Waals surface area contributed by atoms with Crippen molar-refractivity contribution in [1.29, 1.82) is 0 Å². The summed E-state index contributed by atoms with van der Waals surface area (Å²) in [4.78, 5) is 11.7. The number of benzene rings is 1. The summed E-state index contributed by atoms with van der Waals surface area (Å²) < 4.78 is 0. The highest BCUT2D eigenvalue weighted by Crippen LogP contribution is 2.11. The number of aliphatic hydroxyl groups excluding tert-OH is 1. The van der Waals surface area contributed by atoms with Gasteiger partial charge in [0.1, 0.15) is 0 Å². The van der Waals surface area contributed by atoms with E-state index in [4.69, 9.17) is 10.8 Å². The van der Waals surface area contributed by atoms with Gasteiger partial charge in [-0.1, -0.05) is 12.1 Å². The van der Waals surface area contributed by atoms with E-state index in [2.05, 4.69) is 5.32 Å². The maximum absolute atomic E-state index is 11.7. The first-order valence-electron chi connectivity index (χ1n) is 5.42. The van der Waals surface area contributed by atoms with Gasteiger partial charge in [0.15, 0.2) is 0 Å². The van der Waals surface area contributed by atoms with Gasteiger partial charge in [-0.25, -0.2) is 0 Å². The van der Waals surface area contributed by atoms with E-state index in [1.165, 1.54) is 0 Å². The summed E-state index contributed by atoms with van der Waals surface area (Å²) in [7, 11) is 0. The van der Waals surface area contributed by atoms with Crippen molar-refractivity contribution in [2.45, 2.75) is 19.1 Å². The van der Waals surface area contributed by atoms with Gasteiger partial charge in [-0.05, 0) is 36.1 Å². The van der Waals surface area contributed by atoms with Crippen LogP contribution in [0, 0.1) is 0 Å². The smallest absolute Gasteiger partial charge is 0.241 e. The number of hydrogen-bond acceptors (Lipinski definition) is 4. The molecule has 1 amide bonds. The Morgan fingerprint density at radius 1 is 1.59 bits per heavy atom. The van der Waals surface area contributed by atoms with Crippen LogP contribution in [0.4, 0.5) is 5.69 Å². The maximum atomic E-state index is 11.7. The molecule has 0 saturated heterocycles. The fourth-order valence-electron chi connectivity index (χ4n) is 1.36. The van der Waals surface area contributed by atoms with Crippen molar-refractivity contribution in [1.82, 2.24) is 0 Å². The van der Waals surface area contributed by atoms with Gasteiger partial charge in [-0.3, -0.25) is 4.79 Å². The van der Waals surface area contributed by atoms with Crippen LogP contribution >= 0.6 is 11.8 Å². The van der Waals surface area contributed by atoms with Crippen LogP contribution in [0.25, 0.3) is 0 Å². The number of carbonyl (C=O) groups excluding carboxylic acids is 1. The third-order valence-electron chi connectivity index (χ3n) is 2.35. The molecule has 0 radical (unpaired) electrons. The molecule has 1 rings (SSSR count). The lowest BCUT2D eigenvalue weighted by molar-refractivity contribution is -0.117. The van der Waals surface area contributed by atoms with Crippen LogP contribution in [-0.2, 0) is 11.4 Å². The van der Waals surface area contributed by atoms with Crippen LogP contribution < -0.4 is 11.1 Å². The van der Waals surface area contributed by atoms with Crippen molar-refractivity contribution in [3.05, 3.63) is 29.8 Å². The van der Waals surface area contributed by atoms with E-state index >= 15 is 0 Å². The van der Waals surface area contributed by atoms with Gasteiger partial charge in [0.25, 0.3) is 0 Å². The molecule has 0 fully saturated rings. The predicted octanol–water partition coefficient (Wildman–Crippen LogP) is 1.20. The SMILES string of the molecule is CSCC[C@@H](N)C(=O)Nc1cccc(CO)c1. The zero-order valence-electron chi connectivity index (χ0n) is 9.85.